The molecular weight excluding hydrogens is 208 g/mol. The molecule has 1 aromatic heterocycles. The summed E-state index contributed by atoms with van der Waals surface area (Å²) in [7, 11) is 2.11. The van der Waals surface area contributed by atoms with Crippen molar-refractivity contribution in [1.82, 2.24) is 4.90 Å². The smallest absolute Gasteiger partial charge is 0.0894 e. The fourth-order valence-electron chi connectivity index (χ4n) is 1.88. The maximum Gasteiger partial charge on any atom is 0.0894 e. The Morgan fingerprint density at radius 3 is 3.07 bits per heavy atom. The standard InChI is InChI=1S/C11H18N2OS/c1-8-5-9(7-15-8)11(12)10-6-13(2)3-4-14-10/h5,7,10-11H,3-4,6,12H2,1-2H3. The zero-order valence-electron chi connectivity index (χ0n) is 9.27. The highest BCUT2D eigenvalue weighted by Crippen LogP contribution is 2.24. The molecular formula is C11H18N2OS. The first-order valence-corrected chi connectivity index (χ1v) is 6.15. The van der Waals surface area contributed by atoms with Crippen LogP contribution in [0.15, 0.2) is 11.4 Å². The lowest BCUT2D eigenvalue weighted by atomic mass is 10.0. The Morgan fingerprint density at radius 1 is 1.67 bits per heavy atom. The van der Waals surface area contributed by atoms with E-state index in [1.807, 2.05) is 0 Å². The van der Waals surface area contributed by atoms with Crippen molar-refractivity contribution in [2.45, 2.75) is 19.1 Å². The summed E-state index contributed by atoms with van der Waals surface area (Å²) < 4.78 is 5.71. The van der Waals surface area contributed by atoms with Crippen molar-refractivity contribution in [3.8, 4) is 0 Å². The number of nitrogens with zero attached hydrogens (tertiary/aromatic N) is 1. The molecule has 1 aliphatic rings. The minimum absolute atomic E-state index is 0.0118. The van der Waals surface area contributed by atoms with Gasteiger partial charge in [-0.2, -0.15) is 0 Å². The fraction of sp³-hybridized carbons (Fsp3) is 0.636. The molecule has 0 radical (unpaired) electrons. The van der Waals surface area contributed by atoms with E-state index in [9.17, 15) is 0 Å². The van der Waals surface area contributed by atoms with Gasteiger partial charge in [0.25, 0.3) is 0 Å². The first kappa shape index (κ1) is 11.1. The Labute approximate surface area is 94.8 Å². The van der Waals surface area contributed by atoms with Crippen molar-refractivity contribution in [3.63, 3.8) is 0 Å². The van der Waals surface area contributed by atoms with E-state index in [4.69, 9.17) is 10.5 Å². The third kappa shape index (κ3) is 2.58. The van der Waals surface area contributed by atoms with Crippen LogP contribution in [0.3, 0.4) is 0 Å². The minimum atomic E-state index is 0.0118. The van der Waals surface area contributed by atoms with Gasteiger partial charge in [0.2, 0.25) is 0 Å². The largest absolute Gasteiger partial charge is 0.374 e. The molecule has 2 N–H and O–H groups in total. The molecule has 0 amide bonds. The van der Waals surface area contributed by atoms with E-state index in [-0.39, 0.29) is 12.1 Å². The van der Waals surface area contributed by atoms with Crippen molar-refractivity contribution in [2.75, 3.05) is 26.7 Å². The van der Waals surface area contributed by atoms with Crippen molar-refractivity contribution in [2.24, 2.45) is 5.73 Å². The molecule has 0 aliphatic carbocycles. The van der Waals surface area contributed by atoms with E-state index in [1.54, 1.807) is 11.3 Å². The van der Waals surface area contributed by atoms with Gasteiger partial charge in [0.05, 0.1) is 18.8 Å². The molecule has 1 aromatic rings. The van der Waals surface area contributed by atoms with Crippen LogP contribution in [0.4, 0.5) is 0 Å². The van der Waals surface area contributed by atoms with Gasteiger partial charge in [-0.15, -0.1) is 11.3 Å². The molecule has 0 aromatic carbocycles. The number of morpholine rings is 1. The highest BCUT2D eigenvalue weighted by atomic mass is 32.1. The second-order valence-electron chi connectivity index (χ2n) is 4.19. The van der Waals surface area contributed by atoms with E-state index in [0.717, 1.165) is 19.7 Å². The molecule has 0 bridgehead atoms. The zero-order valence-corrected chi connectivity index (χ0v) is 10.1. The Morgan fingerprint density at radius 2 is 2.47 bits per heavy atom. The molecule has 4 heteroatoms. The van der Waals surface area contributed by atoms with Gasteiger partial charge in [-0.3, -0.25) is 0 Å². The summed E-state index contributed by atoms with van der Waals surface area (Å²) in [6.07, 6.45) is 0.137. The van der Waals surface area contributed by atoms with Gasteiger partial charge in [-0.05, 0) is 31.0 Å². The van der Waals surface area contributed by atoms with Crippen LogP contribution in [-0.4, -0.2) is 37.7 Å². The van der Waals surface area contributed by atoms with Gasteiger partial charge in [0.15, 0.2) is 0 Å². The monoisotopic (exact) mass is 226 g/mol. The second kappa shape index (κ2) is 4.61. The van der Waals surface area contributed by atoms with Crippen LogP contribution >= 0.6 is 11.3 Å². The van der Waals surface area contributed by atoms with Gasteiger partial charge in [0, 0.05) is 18.0 Å². The summed E-state index contributed by atoms with van der Waals surface area (Å²) in [4.78, 5) is 3.58. The molecule has 84 valence electrons. The normalized spacial score (nSPS) is 25.4. The maximum atomic E-state index is 6.20. The Kier molecular flexibility index (Phi) is 3.41. The summed E-state index contributed by atoms with van der Waals surface area (Å²) in [5, 5.41) is 2.14. The number of ether oxygens (including phenoxy) is 1. The van der Waals surface area contributed by atoms with Gasteiger partial charge < -0.3 is 15.4 Å². The first-order valence-electron chi connectivity index (χ1n) is 5.27. The Balaban J connectivity index is 2.03. The molecule has 1 saturated heterocycles. The molecule has 1 aliphatic heterocycles. The second-order valence-corrected chi connectivity index (χ2v) is 5.30. The van der Waals surface area contributed by atoms with Crippen molar-refractivity contribution in [3.05, 3.63) is 21.9 Å². The summed E-state index contributed by atoms with van der Waals surface area (Å²) in [6, 6.07) is 2.17. The van der Waals surface area contributed by atoms with Crippen LogP contribution in [0.2, 0.25) is 0 Å². The van der Waals surface area contributed by atoms with Gasteiger partial charge >= 0.3 is 0 Å². The van der Waals surface area contributed by atoms with Gasteiger partial charge in [0.1, 0.15) is 0 Å². The van der Waals surface area contributed by atoms with Gasteiger partial charge in [-0.25, -0.2) is 0 Å². The number of nitrogens with two attached hydrogens (primary N) is 1. The fourth-order valence-corrected chi connectivity index (χ4v) is 2.63. The third-order valence-corrected chi connectivity index (χ3v) is 3.71. The number of hydrogen-bond acceptors (Lipinski definition) is 4. The molecule has 0 spiro atoms. The van der Waals surface area contributed by atoms with Crippen molar-refractivity contribution >= 4 is 11.3 Å². The van der Waals surface area contributed by atoms with Crippen LogP contribution in [-0.2, 0) is 4.74 Å². The molecule has 2 heterocycles. The molecule has 2 rings (SSSR count). The average Bonchev–Trinajstić information content (AvgIpc) is 2.64. The van der Waals surface area contributed by atoms with Crippen molar-refractivity contribution in [1.29, 1.82) is 0 Å². The Bertz CT molecular complexity index is 326. The summed E-state index contributed by atoms with van der Waals surface area (Å²) in [5.74, 6) is 0. The molecule has 1 fully saturated rings. The van der Waals surface area contributed by atoms with Crippen molar-refractivity contribution < 1.29 is 4.74 Å². The number of likely N-dealkylation sites (N-methyl/N-ethyl adjacent to an activating group) is 1. The summed E-state index contributed by atoms with van der Waals surface area (Å²) >= 11 is 1.75. The number of thiophene rings is 1. The van der Waals surface area contributed by atoms with E-state index in [1.165, 1.54) is 10.4 Å². The number of hydrogen-bond donors (Lipinski definition) is 1. The molecule has 15 heavy (non-hydrogen) atoms. The van der Waals surface area contributed by atoms with E-state index in [0.29, 0.717) is 0 Å². The summed E-state index contributed by atoms with van der Waals surface area (Å²) in [6.45, 7) is 4.83. The highest BCUT2D eigenvalue weighted by molar-refractivity contribution is 7.10. The topological polar surface area (TPSA) is 38.5 Å². The number of aryl methyl sites for hydroxylation is 1. The average molecular weight is 226 g/mol. The predicted octanol–water partition coefficient (Wildman–Crippen LogP) is 1.39. The highest BCUT2D eigenvalue weighted by Gasteiger charge is 2.25. The molecule has 2 unspecified atom stereocenters. The quantitative estimate of drug-likeness (QED) is 0.828. The molecule has 2 atom stereocenters. The number of rotatable bonds is 2. The summed E-state index contributed by atoms with van der Waals surface area (Å²) in [5.41, 5.74) is 7.41. The lowest BCUT2D eigenvalue weighted by Crippen LogP contribution is -2.45. The Hall–Kier alpha value is -0.420. The minimum Gasteiger partial charge on any atom is -0.374 e. The SMILES string of the molecule is Cc1cc(C(N)C2CN(C)CCO2)cs1. The molecule has 3 nitrogen and oxygen atoms in total. The molecule has 0 saturated carbocycles. The van der Waals surface area contributed by atoms with E-state index < -0.39 is 0 Å². The van der Waals surface area contributed by atoms with Crippen LogP contribution in [0.1, 0.15) is 16.5 Å². The predicted molar refractivity (Wildman–Crippen MR) is 63.2 cm³/mol. The van der Waals surface area contributed by atoms with Crippen LogP contribution in [0, 0.1) is 6.92 Å². The lowest BCUT2D eigenvalue weighted by Gasteiger charge is -2.33. The van der Waals surface area contributed by atoms with E-state index in [2.05, 4.69) is 30.3 Å². The first-order chi connectivity index (χ1) is 7.16. The van der Waals surface area contributed by atoms with E-state index >= 15 is 0 Å². The van der Waals surface area contributed by atoms with Crippen LogP contribution in [0.25, 0.3) is 0 Å². The van der Waals surface area contributed by atoms with Gasteiger partial charge in [-0.1, -0.05) is 0 Å². The lowest BCUT2D eigenvalue weighted by molar-refractivity contribution is -0.0325. The zero-order chi connectivity index (χ0) is 10.8. The van der Waals surface area contributed by atoms with Crippen LogP contribution < -0.4 is 5.73 Å². The third-order valence-electron chi connectivity index (χ3n) is 2.83. The van der Waals surface area contributed by atoms with Crippen LogP contribution in [0.5, 0.6) is 0 Å². The maximum absolute atomic E-state index is 6.20.